The molecule has 0 atom stereocenters. The molecule has 4 bridgehead atoms. The first-order valence-corrected chi connectivity index (χ1v) is 14.5. The van der Waals surface area contributed by atoms with Crippen LogP contribution in [0.4, 0.5) is 10.5 Å². The van der Waals surface area contributed by atoms with Crippen molar-refractivity contribution in [1.82, 2.24) is 5.32 Å². The first kappa shape index (κ1) is 26.4. The molecular formula is C34H32N2O6. The van der Waals surface area contributed by atoms with Crippen LogP contribution in [0.2, 0.25) is 0 Å². The average Bonchev–Trinajstić information content (AvgIpc) is 3.43. The number of methoxy groups -OCH3 is 1. The van der Waals surface area contributed by atoms with Crippen molar-refractivity contribution >= 4 is 35.6 Å². The highest BCUT2D eigenvalue weighted by Gasteiger charge is 2.51. The van der Waals surface area contributed by atoms with Crippen LogP contribution in [-0.2, 0) is 19.7 Å². The van der Waals surface area contributed by atoms with Gasteiger partial charge in [-0.05, 0) is 122 Å². The number of ether oxygens (including phenoxy) is 1. The second kappa shape index (κ2) is 9.82. The van der Waals surface area contributed by atoms with Gasteiger partial charge >= 0.3 is 12.0 Å². The molecule has 1 saturated heterocycles. The number of barbiturate groups is 1. The molecule has 2 heterocycles. The van der Waals surface area contributed by atoms with Crippen LogP contribution in [0.25, 0.3) is 17.4 Å². The number of imide groups is 2. The van der Waals surface area contributed by atoms with Gasteiger partial charge in [0.15, 0.2) is 0 Å². The highest BCUT2D eigenvalue weighted by Crippen LogP contribution is 2.60. The summed E-state index contributed by atoms with van der Waals surface area (Å²) in [5, 5.41) is 2.29. The standard InChI is InChI=1S/C34H32N2O6/c1-19-3-4-23(32(39)41-2)14-27(19)29-10-9-26(42-29)15-28-30(37)35-33(40)36(31(28)38)25-7-5-24(6-8-25)34-16-20-11-21(17-34)13-22(12-20)18-34/h3-10,14-15,20-22H,11-13,16-18H2,1-2H3,(H,35,37,40)/b28-15+. The quantitative estimate of drug-likeness (QED) is 0.226. The number of benzene rings is 2. The Morgan fingerprint density at radius 3 is 2.26 bits per heavy atom. The molecule has 2 aromatic carbocycles. The first-order chi connectivity index (χ1) is 20.2. The highest BCUT2D eigenvalue weighted by atomic mass is 16.5. The number of nitrogens with one attached hydrogen (secondary N) is 1. The Balaban J connectivity index is 1.15. The summed E-state index contributed by atoms with van der Waals surface area (Å²) < 4.78 is 10.8. The largest absolute Gasteiger partial charge is 0.465 e. The second-order valence-electron chi connectivity index (χ2n) is 12.4. The second-order valence-corrected chi connectivity index (χ2v) is 12.4. The normalized spacial score (nSPS) is 27.5. The Morgan fingerprint density at radius 2 is 1.62 bits per heavy atom. The van der Waals surface area contributed by atoms with Crippen LogP contribution in [0.3, 0.4) is 0 Å². The minimum absolute atomic E-state index is 0.203. The number of amides is 4. The molecule has 5 fully saturated rings. The lowest BCUT2D eigenvalue weighted by atomic mass is 9.48. The van der Waals surface area contributed by atoms with Crippen molar-refractivity contribution in [3.05, 3.63) is 82.6 Å². The molecular weight excluding hydrogens is 532 g/mol. The fourth-order valence-corrected chi connectivity index (χ4v) is 8.17. The van der Waals surface area contributed by atoms with E-state index in [0.29, 0.717) is 22.6 Å². The SMILES string of the molecule is COC(=O)c1ccc(C)c(-c2ccc(/C=C3\C(=O)NC(=O)N(c4ccc(C56CC7CC(CC(C7)C5)C6)cc4)C3=O)o2)c1. The maximum absolute atomic E-state index is 13.5. The number of aryl methyl sites for hydroxylation is 1. The van der Waals surface area contributed by atoms with E-state index in [2.05, 4.69) is 17.4 Å². The van der Waals surface area contributed by atoms with Gasteiger partial charge in [-0.25, -0.2) is 14.5 Å². The van der Waals surface area contributed by atoms with Crippen LogP contribution >= 0.6 is 0 Å². The predicted molar refractivity (Wildman–Crippen MR) is 156 cm³/mol. The summed E-state index contributed by atoms with van der Waals surface area (Å²) >= 11 is 0. The van der Waals surface area contributed by atoms with E-state index in [1.807, 2.05) is 19.1 Å². The van der Waals surface area contributed by atoms with E-state index in [0.717, 1.165) is 28.2 Å². The highest BCUT2D eigenvalue weighted by molar-refractivity contribution is 6.39. The van der Waals surface area contributed by atoms with E-state index >= 15 is 0 Å². The molecule has 8 rings (SSSR count). The third kappa shape index (κ3) is 4.37. The molecule has 4 amide bonds. The molecule has 214 valence electrons. The summed E-state index contributed by atoms with van der Waals surface area (Å²) in [4.78, 5) is 52.1. The number of hydrogen-bond acceptors (Lipinski definition) is 6. The number of hydrogen-bond donors (Lipinski definition) is 1. The summed E-state index contributed by atoms with van der Waals surface area (Å²) in [7, 11) is 1.32. The van der Waals surface area contributed by atoms with Crippen molar-refractivity contribution in [2.24, 2.45) is 17.8 Å². The van der Waals surface area contributed by atoms with Crippen LogP contribution in [0, 0.1) is 24.7 Å². The molecule has 3 aromatic rings. The lowest BCUT2D eigenvalue weighted by Crippen LogP contribution is -2.54. The van der Waals surface area contributed by atoms with Crippen LogP contribution in [-0.4, -0.2) is 30.9 Å². The van der Waals surface area contributed by atoms with Gasteiger partial charge in [0.2, 0.25) is 0 Å². The number of urea groups is 1. The molecule has 0 unspecified atom stereocenters. The fourth-order valence-electron chi connectivity index (χ4n) is 8.17. The third-order valence-corrected chi connectivity index (χ3v) is 9.72. The summed E-state index contributed by atoms with van der Waals surface area (Å²) in [6.45, 7) is 1.88. The number of anilines is 1. The Hall–Kier alpha value is -4.46. The zero-order valence-corrected chi connectivity index (χ0v) is 23.6. The van der Waals surface area contributed by atoms with Crippen molar-refractivity contribution in [3.8, 4) is 11.3 Å². The van der Waals surface area contributed by atoms with Gasteiger partial charge in [0.1, 0.15) is 17.1 Å². The number of nitrogens with zero attached hydrogens (tertiary/aromatic N) is 1. The lowest BCUT2D eigenvalue weighted by Gasteiger charge is -2.57. The Morgan fingerprint density at radius 1 is 0.952 bits per heavy atom. The fraction of sp³-hybridized carbons (Fsp3) is 0.353. The summed E-state index contributed by atoms with van der Waals surface area (Å²) in [5.74, 6) is 1.19. The number of carbonyl (C=O) groups excluding carboxylic acids is 4. The van der Waals surface area contributed by atoms with E-state index in [-0.39, 0.29) is 16.7 Å². The molecule has 1 aromatic heterocycles. The summed E-state index contributed by atoms with van der Waals surface area (Å²) in [6, 6.07) is 15.5. The van der Waals surface area contributed by atoms with Gasteiger partial charge in [-0.3, -0.25) is 14.9 Å². The first-order valence-electron chi connectivity index (χ1n) is 14.5. The van der Waals surface area contributed by atoms with Crippen molar-refractivity contribution in [1.29, 1.82) is 0 Å². The monoisotopic (exact) mass is 564 g/mol. The van der Waals surface area contributed by atoms with Crippen molar-refractivity contribution in [2.75, 3.05) is 12.0 Å². The molecule has 42 heavy (non-hydrogen) atoms. The van der Waals surface area contributed by atoms with E-state index in [1.54, 1.807) is 30.3 Å². The maximum atomic E-state index is 13.5. The summed E-state index contributed by atoms with van der Waals surface area (Å²) in [6.07, 6.45) is 9.09. The van der Waals surface area contributed by atoms with Crippen molar-refractivity contribution in [2.45, 2.75) is 50.9 Å². The molecule has 1 aliphatic heterocycles. The number of esters is 1. The number of furan rings is 1. The molecule has 0 radical (unpaired) electrons. The van der Waals surface area contributed by atoms with Crippen molar-refractivity contribution < 1.29 is 28.3 Å². The van der Waals surface area contributed by atoms with Gasteiger partial charge in [-0.1, -0.05) is 18.2 Å². The van der Waals surface area contributed by atoms with Gasteiger partial charge < -0.3 is 9.15 Å². The summed E-state index contributed by atoms with van der Waals surface area (Å²) in [5.41, 5.74) is 3.62. The molecule has 4 saturated carbocycles. The van der Waals surface area contributed by atoms with Gasteiger partial charge in [-0.15, -0.1) is 0 Å². The number of carbonyl (C=O) groups is 4. The van der Waals surface area contributed by atoms with Gasteiger partial charge in [0, 0.05) is 5.56 Å². The van der Waals surface area contributed by atoms with Gasteiger partial charge in [0.05, 0.1) is 18.4 Å². The minimum Gasteiger partial charge on any atom is -0.465 e. The minimum atomic E-state index is -0.784. The molecule has 8 nitrogen and oxygen atoms in total. The van der Waals surface area contributed by atoms with Crippen molar-refractivity contribution in [3.63, 3.8) is 0 Å². The Kier molecular flexibility index (Phi) is 6.18. The molecule has 1 N–H and O–H groups in total. The van der Waals surface area contributed by atoms with Gasteiger partial charge in [0.25, 0.3) is 11.8 Å². The maximum Gasteiger partial charge on any atom is 0.337 e. The van der Waals surface area contributed by atoms with E-state index in [9.17, 15) is 19.2 Å². The third-order valence-electron chi connectivity index (χ3n) is 9.72. The van der Waals surface area contributed by atoms with Crippen LogP contribution in [0.15, 0.2) is 64.6 Å². The van der Waals surface area contributed by atoms with Crippen LogP contribution < -0.4 is 10.2 Å². The van der Waals surface area contributed by atoms with E-state index in [4.69, 9.17) is 9.15 Å². The van der Waals surface area contributed by atoms with Crippen LogP contribution in [0.5, 0.6) is 0 Å². The van der Waals surface area contributed by atoms with E-state index in [1.165, 1.54) is 57.3 Å². The predicted octanol–water partition coefficient (Wildman–Crippen LogP) is 6.18. The molecule has 0 spiro atoms. The van der Waals surface area contributed by atoms with Crippen LogP contribution in [0.1, 0.15) is 65.8 Å². The van der Waals surface area contributed by atoms with E-state index < -0.39 is 23.8 Å². The topological polar surface area (TPSA) is 106 Å². The Bertz CT molecular complexity index is 1630. The molecule has 8 heteroatoms. The zero-order chi connectivity index (χ0) is 29.2. The van der Waals surface area contributed by atoms with Gasteiger partial charge in [-0.2, -0.15) is 0 Å². The smallest absolute Gasteiger partial charge is 0.337 e. The number of rotatable bonds is 5. The Labute approximate surface area is 243 Å². The lowest BCUT2D eigenvalue weighted by molar-refractivity contribution is -0.122. The molecule has 5 aliphatic rings. The zero-order valence-electron chi connectivity index (χ0n) is 23.6. The molecule has 4 aliphatic carbocycles. The average molecular weight is 565 g/mol.